The average molecular weight is 594 g/mol. The first-order chi connectivity index (χ1) is 18.8. The molecule has 0 saturated heterocycles. The van der Waals surface area contributed by atoms with Gasteiger partial charge in [-0.25, -0.2) is 13.4 Å². The SMILES string of the molecule is COCC(NC(=O)C(CC(C)C)NC(=O)c1cnc(C)s1)C(=O)NC(C=CS(C)(=O)=O)Cc1ccc(CN)cc1. The van der Waals surface area contributed by atoms with Crippen LogP contribution in [0.1, 0.15) is 46.1 Å². The summed E-state index contributed by atoms with van der Waals surface area (Å²) >= 11 is 1.22. The lowest BCUT2D eigenvalue weighted by Crippen LogP contribution is -2.56. The van der Waals surface area contributed by atoms with Crippen molar-refractivity contribution in [1.82, 2.24) is 20.9 Å². The van der Waals surface area contributed by atoms with Crippen molar-refractivity contribution in [1.29, 1.82) is 0 Å². The Hall–Kier alpha value is -3.13. The number of methoxy groups -OCH3 is 1. The number of nitrogens with zero attached hydrogens (tertiary/aromatic N) is 1. The third kappa shape index (κ3) is 11.5. The fraction of sp³-hybridized carbons (Fsp3) is 0.481. The molecule has 0 spiro atoms. The van der Waals surface area contributed by atoms with Gasteiger partial charge in [-0.15, -0.1) is 11.3 Å². The summed E-state index contributed by atoms with van der Waals surface area (Å²) in [4.78, 5) is 43.7. The second kappa shape index (κ2) is 15.6. The van der Waals surface area contributed by atoms with Gasteiger partial charge >= 0.3 is 0 Å². The minimum absolute atomic E-state index is 0.0742. The van der Waals surface area contributed by atoms with Crippen LogP contribution in [-0.2, 0) is 37.1 Å². The van der Waals surface area contributed by atoms with E-state index in [1.807, 2.05) is 38.1 Å². The molecule has 2 rings (SSSR count). The third-order valence-electron chi connectivity index (χ3n) is 5.74. The number of aryl methyl sites for hydroxylation is 1. The van der Waals surface area contributed by atoms with Gasteiger partial charge in [0.2, 0.25) is 11.8 Å². The molecule has 3 atom stereocenters. The molecule has 220 valence electrons. The molecule has 0 saturated carbocycles. The predicted molar refractivity (Wildman–Crippen MR) is 155 cm³/mol. The Balaban J connectivity index is 2.20. The van der Waals surface area contributed by atoms with E-state index in [1.54, 1.807) is 6.92 Å². The van der Waals surface area contributed by atoms with Crippen molar-refractivity contribution in [3.05, 3.63) is 63.0 Å². The lowest BCUT2D eigenvalue weighted by atomic mass is 10.0. The van der Waals surface area contributed by atoms with Crippen molar-refractivity contribution in [3.8, 4) is 0 Å². The number of aromatic nitrogens is 1. The van der Waals surface area contributed by atoms with Crippen LogP contribution in [0.15, 0.2) is 41.9 Å². The summed E-state index contributed by atoms with van der Waals surface area (Å²) in [5.41, 5.74) is 7.45. The first-order valence-corrected chi connectivity index (χ1v) is 15.6. The molecule has 0 bridgehead atoms. The number of ether oxygens (including phenoxy) is 1. The summed E-state index contributed by atoms with van der Waals surface area (Å²) in [7, 11) is -2.06. The first kappa shape index (κ1) is 33.1. The number of amides is 3. The number of sulfone groups is 1. The number of nitrogens with one attached hydrogen (secondary N) is 3. The van der Waals surface area contributed by atoms with Crippen LogP contribution in [0.5, 0.6) is 0 Å². The molecule has 0 fully saturated rings. The zero-order valence-electron chi connectivity index (χ0n) is 23.5. The Morgan fingerprint density at radius 3 is 2.20 bits per heavy atom. The number of thiazole rings is 1. The summed E-state index contributed by atoms with van der Waals surface area (Å²) in [6.07, 6.45) is 4.55. The van der Waals surface area contributed by atoms with Crippen LogP contribution in [0.3, 0.4) is 0 Å². The molecule has 1 heterocycles. The van der Waals surface area contributed by atoms with Crippen molar-refractivity contribution in [3.63, 3.8) is 0 Å². The highest BCUT2D eigenvalue weighted by Crippen LogP contribution is 2.13. The summed E-state index contributed by atoms with van der Waals surface area (Å²) in [5.74, 6) is -1.46. The van der Waals surface area contributed by atoms with Gasteiger partial charge in [-0.3, -0.25) is 14.4 Å². The van der Waals surface area contributed by atoms with E-state index >= 15 is 0 Å². The standard InChI is InChI=1S/C27H39N5O6S2/c1-17(2)12-22(31-27(35)24-15-29-18(3)39-24)25(33)32-23(16-38-4)26(34)30-21(10-11-40(5,36)37)13-19-6-8-20(14-28)9-7-19/h6-11,15,17,21-23H,12-14,16,28H2,1-5H3,(H,30,34)(H,31,35)(H,32,33). The Bertz CT molecular complexity index is 1270. The molecular weight excluding hydrogens is 554 g/mol. The number of rotatable bonds is 15. The van der Waals surface area contributed by atoms with E-state index in [0.717, 1.165) is 27.8 Å². The van der Waals surface area contributed by atoms with Crippen molar-refractivity contribution in [2.45, 2.75) is 58.3 Å². The Labute approximate surface area is 239 Å². The minimum Gasteiger partial charge on any atom is -0.382 e. The maximum atomic E-state index is 13.3. The van der Waals surface area contributed by atoms with Crippen LogP contribution in [0.4, 0.5) is 0 Å². The van der Waals surface area contributed by atoms with E-state index < -0.39 is 45.7 Å². The maximum absolute atomic E-state index is 13.3. The van der Waals surface area contributed by atoms with Crippen LogP contribution in [0, 0.1) is 12.8 Å². The van der Waals surface area contributed by atoms with Gasteiger partial charge < -0.3 is 26.4 Å². The number of hydrogen-bond acceptors (Lipinski definition) is 9. The van der Waals surface area contributed by atoms with E-state index in [1.165, 1.54) is 30.7 Å². The molecule has 3 amide bonds. The average Bonchev–Trinajstić information content (AvgIpc) is 3.32. The van der Waals surface area contributed by atoms with Crippen LogP contribution in [0.25, 0.3) is 0 Å². The molecule has 0 radical (unpaired) electrons. The summed E-state index contributed by atoms with van der Waals surface area (Å²) in [5, 5.41) is 9.99. The van der Waals surface area contributed by atoms with E-state index in [-0.39, 0.29) is 12.5 Å². The van der Waals surface area contributed by atoms with Crippen LogP contribution in [0.2, 0.25) is 0 Å². The Morgan fingerprint density at radius 2 is 1.68 bits per heavy atom. The van der Waals surface area contributed by atoms with Gasteiger partial charge in [0.05, 0.1) is 23.9 Å². The fourth-order valence-electron chi connectivity index (χ4n) is 3.77. The molecule has 13 heteroatoms. The van der Waals surface area contributed by atoms with E-state index in [2.05, 4.69) is 20.9 Å². The van der Waals surface area contributed by atoms with Crippen LogP contribution in [-0.4, -0.2) is 69.2 Å². The third-order valence-corrected chi connectivity index (χ3v) is 7.30. The molecule has 5 N–H and O–H groups in total. The van der Waals surface area contributed by atoms with E-state index in [9.17, 15) is 22.8 Å². The highest BCUT2D eigenvalue weighted by molar-refractivity contribution is 7.93. The highest BCUT2D eigenvalue weighted by atomic mass is 32.2. The number of benzene rings is 1. The maximum Gasteiger partial charge on any atom is 0.263 e. The van der Waals surface area contributed by atoms with Crippen LogP contribution >= 0.6 is 11.3 Å². The molecule has 40 heavy (non-hydrogen) atoms. The van der Waals surface area contributed by atoms with Crippen molar-refractivity contribution in [2.24, 2.45) is 11.7 Å². The van der Waals surface area contributed by atoms with Crippen molar-refractivity contribution in [2.75, 3.05) is 20.0 Å². The predicted octanol–water partition coefficient (Wildman–Crippen LogP) is 1.47. The van der Waals surface area contributed by atoms with Gasteiger partial charge in [0, 0.05) is 25.3 Å². The van der Waals surface area contributed by atoms with Gasteiger partial charge in [0.15, 0.2) is 9.84 Å². The van der Waals surface area contributed by atoms with Gasteiger partial charge in [0.1, 0.15) is 17.0 Å². The smallest absolute Gasteiger partial charge is 0.263 e. The molecule has 2 aromatic rings. The monoisotopic (exact) mass is 593 g/mol. The fourth-order valence-corrected chi connectivity index (χ4v) is 4.93. The molecule has 0 aliphatic rings. The number of nitrogens with two attached hydrogens (primary N) is 1. The second-order valence-electron chi connectivity index (χ2n) is 9.91. The molecule has 0 aliphatic heterocycles. The lowest BCUT2D eigenvalue weighted by Gasteiger charge is -2.25. The molecular formula is C27H39N5O6S2. The molecule has 0 aliphatic carbocycles. The topological polar surface area (TPSA) is 170 Å². The van der Waals surface area contributed by atoms with Crippen molar-refractivity contribution < 1.29 is 27.5 Å². The summed E-state index contributed by atoms with van der Waals surface area (Å²) in [6.45, 7) is 5.86. The van der Waals surface area contributed by atoms with Gasteiger partial charge in [-0.05, 0) is 36.8 Å². The summed E-state index contributed by atoms with van der Waals surface area (Å²) < 4.78 is 28.7. The normalized spacial score (nSPS) is 14.1. The second-order valence-corrected chi connectivity index (χ2v) is 13.1. The van der Waals surface area contributed by atoms with E-state index in [0.29, 0.717) is 24.3 Å². The van der Waals surface area contributed by atoms with Gasteiger partial charge in [-0.1, -0.05) is 44.2 Å². The van der Waals surface area contributed by atoms with Crippen molar-refractivity contribution >= 4 is 38.9 Å². The van der Waals surface area contributed by atoms with E-state index in [4.69, 9.17) is 10.5 Å². The molecule has 1 aromatic carbocycles. The minimum atomic E-state index is -3.45. The molecule has 3 unspecified atom stereocenters. The number of hydrogen-bond donors (Lipinski definition) is 4. The summed E-state index contributed by atoms with van der Waals surface area (Å²) in [6, 6.07) is 4.75. The largest absolute Gasteiger partial charge is 0.382 e. The molecule has 1 aromatic heterocycles. The highest BCUT2D eigenvalue weighted by Gasteiger charge is 2.29. The lowest BCUT2D eigenvalue weighted by molar-refractivity contribution is -0.131. The van der Waals surface area contributed by atoms with Gasteiger partial charge in [-0.2, -0.15) is 0 Å². The van der Waals surface area contributed by atoms with Gasteiger partial charge in [0.25, 0.3) is 5.91 Å². The Kier molecular flexibility index (Phi) is 12.9. The molecule has 11 nitrogen and oxygen atoms in total. The Morgan fingerprint density at radius 1 is 1.05 bits per heavy atom. The van der Waals surface area contributed by atoms with Crippen LogP contribution < -0.4 is 21.7 Å². The first-order valence-electron chi connectivity index (χ1n) is 12.8. The quantitative estimate of drug-likeness (QED) is 0.241. The number of carbonyl (C=O) groups is 3. The zero-order chi connectivity index (χ0) is 29.9. The zero-order valence-corrected chi connectivity index (χ0v) is 25.1. The number of carbonyl (C=O) groups excluding carboxylic acids is 3.